The number of H-pyrrole nitrogens is 1. The number of aromatic nitrogens is 3. The zero-order chi connectivity index (χ0) is 22.7. The van der Waals surface area contributed by atoms with Crippen molar-refractivity contribution in [1.29, 1.82) is 5.26 Å². The molecule has 0 amide bonds. The molecule has 2 atom stereocenters. The van der Waals surface area contributed by atoms with E-state index < -0.39 is 18.2 Å². The van der Waals surface area contributed by atoms with Crippen molar-refractivity contribution in [1.82, 2.24) is 14.8 Å². The van der Waals surface area contributed by atoms with Crippen LogP contribution in [0.15, 0.2) is 35.3 Å². The Kier molecular flexibility index (Phi) is 4.57. The third-order valence-electron chi connectivity index (χ3n) is 6.45. The van der Waals surface area contributed by atoms with Gasteiger partial charge in [0.1, 0.15) is 5.39 Å². The predicted octanol–water partition coefficient (Wildman–Crippen LogP) is 4.03. The van der Waals surface area contributed by atoms with E-state index in [9.17, 15) is 28.3 Å². The molecule has 1 aromatic carbocycles. The Balaban J connectivity index is 1.55. The predicted molar refractivity (Wildman–Crippen MR) is 110 cm³/mol. The molecule has 0 bridgehead atoms. The first-order valence-corrected chi connectivity index (χ1v) is 10.4. The first-order valence-electron chi connectivity index (χ1n) is 10.4. The lowest BCUT2D eigenvalue weighted by Crippen LogP contribution is -2.40. The summed E-state index contributed by atoms with van der Waals surface area (Å²) in [6.07, 6.45) is -1.32. The number of alkyl halides is 3. The van der Waals surface area contributed by atoms with Crippen LogP contribution in [0.4, 0.5) is 24.7 Å². The number of nitriles is 1. The number of benzene rings is 1. The van der Waals surface area contributed by atoms with Gasteiger partial charge in [-0.1, -0.05) is 6.07 Å². The number of rotatable bonds is 5. The van der Waals surface area contributed by atoms with Gasteiger partial charge in [-0.3, -0.25) is 9.48 Å². The monoisotopic (exact) mass is 443 g/mol. The number of pyridine rings is 1. The molecule has 1 fully saturated rings. The fourth-order valence-electron chi connectivity index (χ4n) is 4.63. The van der Waals surface area contributed by atoms with E-state index in [1.54, 1.807) is 16.8 Å². The van der Waals surface area contributed by atoms with Crippen LogP contribution in [0.2, 0.25) is 0 Å². The highest BCUT2D eigenvalue weighted by molar-refractivity contribution is 5.91. The largest absolute Gasteiger partial charge is 0.421 e. The maximum Gasteiger partial charge on any atom is 0.421 e. The van der Waals surface area contributed by atoms with Crippen molar-refractivity contribution in [3.63, 3.8) is 0 Å². The van der Waals surface area contributed by atoms with Crippen LogP contribution in [0.5, 0.6) is 0 Å². The quantitative estimate of drug-likeness (QED) is 0.552. The fourth-order valence-corrected chi connectivity index (χ4v) is 4.63. The molecule has 0 radical (unpaired) electrons. The Morgan fingerprint density at radius 3 is 2.84 bits per heavy atom. The van der Waals surface area contributed by atoms with Crippen molar-refractivity contribution >= 4 is 22.4 Å². The first-order chi connectivity index (χ1) is 15.2. The number of hydrogen-bond acceptors (Lipinski definition) is 5. The number of nitrogens with one attached hydrogen (secondary N) is 2. The minimum atomic E-state index is -4.76. The van der Waals surface area contributed by atoms with Crippen LogP contribution in [0.25, 0.3) is 10.9 Å². The Morgan fingerprint density at radius 1 is 1.38 bits per heavy atom. The second-order valence-electron chi connectivity index (χ2n) is 8.48. The average Bonchev–Trinajstić information content (AvgIpc) is 3.44. The molecule has 3 N–H and O–H groups in total. The molecule has 2 aliphatic rings. The molecule has 7 nitrogen and oxygen atoms in total. The molecule has 2 unspecified atom stereocenters. The number of hydrogen-bond donors (Lipinski definition) is 3. The second-order valence-corrected chi connectivity index (χ2v) is 8.48. The number of fused-ring (bicyclic) bond motifs is 2. The van der Waals surface area contributed by atoms with Gasteiger partial charge in [0.2, 0.25) is 0 Å². The van der Waals surface area contributed by atoms with E-state index in [1.165, 1.54) is 18.3 Å². The normalized spacial score (nSPS) is 21.3. The highest BCUT2D eigenvalue weighted by atomic mass is 19.4. The Labute approximate surface area is 180 Å². The topological polar surface area (TPSA) is 107 Å². The van der Waals surface area contributed by atoms with Gasteiger partial charge in [-0.05, 0) is 60.9 Å². The summed E-state index contributed by atoms with van der Waals surface area (Å²) in [5.74, 6) is 0.597. The fraction of sp³-hybridized carbons (Fsp3) is 0.409. The molecule has 0 spiro atoms. The molecule has 0 saturated heterocycles. The molecule has 2 heterocycles. The zero-order valence-electron chi connectivity index (χ0n) is 16.9. The molecule has 10 heteroatoms. The molecular weight excluding hydrogens is 423 g/mol. The number of aryl methyl sites for hydroxylation is 1. The van der Waals surface area contributed by atoms with E-state index in [2.05, 4.69) is 21.5 Å². The smallest absolute Gasteiger partial charge is 0.376 e. The molecular formula is C22H20F3N5O2. The van der Waals surface area contributed by atoms with Gasteiger partial charge in [-0.25, -0.2) is 0 Å². The van der Waals surface area contributed by atoms with Crippen LogP contribution in [0.3, 0.4) is 0 Å². The number of aliphatic hydroxyl groups is 1. The standard InChI is InChI=1S/C22H20F3N5O2/c23-22(24,25)21(32)8-5-13-11-14(3-4-15(13)21)28-19-18-17(7-10-27-20(18)31)30(29-19)16(6-9-26)12-1-2-12/h3-4,7,10-12,16,32H,1-2,5-6,8H2,(H,27,31)(H,28,29). The van der Waals surface area contributed by atoms with Gasteiger partial charge in [0.15, 0.2) is 11.4 Å². The van der Waals surface area contributed by atoms with Crippen LogP contribution in [0, 0.1) is 17.2 Å². The third-order valence-corrected chi connectivity index (χ3v) is 6.45. The Morgan fingerprint density at radius 2 is 2.16 bits per heavy atom. The SMILES string of the molecule is N#CCC(C1CC1)n1nc(Nc2ccc3c(c2)CCC3(O)C(F)(F)F)c2c(=O)[nH]ccc21. The average molecular weight is 443 g/mol. The van der Waals surface area contributed by atoms with Crippen molar-refractivity contribution in [2.45, 2.75) is 49.9 Å². The van der Waals surface area contributed by atoms with Crippen LogP contribution in [-0.2, 0) is 12.0 Å². The van der Waals surface area contributed by atoms with Crippen molar-refractivity contribution in [2.75, 3.05) is 5.32 Å². The van der Waals surface area contributed by atoms with Gasteiger partial charge in [0.25, 0.3) is 5.56 Å². The summed E-state index contributed by atoms with van der Waals surface area (Å²) < 4.78 is 41.8. The van der Waals surface area contributed by atoms with E-state index in [1.807, 2.05) is 0 Å². The van der Waals surface area contributed by atoms with E-state index in [0.717, 1.165) is 12.8 Å². The van der Waals surface area contributed by atoms with Gasteiger partial charge in [0.05, 0.1) is 24.0 Å². The molecule has 166 valence electrons. The summed E-state index contributed by atoms with van der Waals surface area (Å²) in [5.41, 5.74) is -1.89. The summed E-state index contributed by atoms with van der Waals surface area (Å²) in [6.45, 7) is 0. The Bertz CT molecular complexity index is 1300. The van der Waals surface area contributed by atoms with Crippen molar-refractivity contribution in [2.24, 2.45) is 5.92 Å². The highest BCUT2D eigenvalue weighted by Crippen LogP contribution is 2.48. The summed E-state index contributed by atoms with van der Waals surface area (Å²) in [6, 6.07) is 8.03. The molecule has 32 heavy (non-hydrogen) atoms. The summed E-state index contributed by atoms with van der Waals surface area (Å²) in [4.78, 5) is 15.2. The van der Waals surface area contributed by atoms with Crippen LogP contribution in [-0.4, -0.2) is 26.0 Å². The molecule has 1 saturated carbocycles. The van der Waals surface area contributed by atoms with Gasteiger partial charge in [0, 0.05) is 11.9 Å². The summed E-state index contributed by atoms with van der Waals surface area (Å²) >= 11 is 0. The van der Waals surface area contributed by atoms with E-state index in [-0.39, 0.29) is 35.8 Å². The Hall–Kier alpha value is -3.32. The van der Waals surface area contributed by atoms with Crippen LogP contribution >= 0.6 is 0 Å². The van der Waals surface area contributed by atoms with Gasteiger partial charge in [-0.2, -0.15) is 23.5 Å². The highest BCUT2D eigenvalue weighted by Gasteiger charge is 2.57. The number of nitrogens with zero attached hydrogens (tertiary/aromatic N) is 3. The molecule has 3 aromatic rings. The van der Waals surface area contributed by atoms with Crippen LogP contribution in [0.1, 0.15) is 42.9 Å². The van der Waals surface area contributed by atoms with Crippen molar-refractivity contribution in [3.05, 3.63) is 51.9 Å². The molecule has 5 rings (SSSR count). The number of halogens is 3. The van der Waals surface area contributed by atoms with Crippen molar-refractivity contribution < 1.29 is 18.3 Å². The van der Waals surface area contributed by atoms with Crippen LogP contribution < -0.4 is 10.9 Å². The lowest BCUT2D eigenvalue weighted by atomic mass is 9.95. The van der Waals surface area contributed by atoms with E-state index in [0.29, 0.717) is 28.1 Å². The molecule has 0 aliphatic heterocycles. The molecule has 2 aliphatic carbocycles. The van der Waals surface area contributed by atoms with Gasteiger partial charge < -0.3 is 15.4 Å². The second kappa shape index (κ2) is 7.10. The lowest BCUT2D eigenvalue weighted by molar-refractivity contribution is -0.265. The van der Waals surface area contributed by atoms with Gasteiger partial charge in [-0.15, -0.1) is 0 Å². The van der Waals surface area contributed by atoms with E-state index in [4.69, 9.17) is 0 Å². The maximum absolute atomic E-state index is 13.4. The van der Waals surface area contributed by atoms with E-state index >= 15 is 0 Å². The summed E-state index contributed by atoms with van der Waals surface area (Å²) in [7, 11) is 0. The first kappa shape index (κ1) is 20.6. The zero-order valence-corrected chi connectivity index (χ0v) is 16.9. The minimum absolute atomic E-state index is 0.0859. The van der Waals surface area contributed by atoms with Crippen molar-refractivity contribution in [3.8, 4) is 6.07 Å². The third kappa shape index (κ3) is 3.15. The molecule has 2 aromatic heterocycles. The summed E-state index contributed by atoms with van der Waals surface area (Å²) in [5, 5.41) is 27.4. The number of anilines is 2. The van der Waals surface area contributed by atoms with Gasteiger partial charge >= 0.3 is 6.18 Å². The maximum atomic E-state index is 13.4. The lowest BCUT2D eigenvalue weighted by Gasteiger charge is -2.26. The minimum Gasteiger partial charge on any atom is -0.376 e. The number of aromatic amines is 1.